The highest BCUT2D eigenvalue weighted by Crippen LogP contribution is 2.40. The zero-order valence-corrected chi connectivity index (χ0v) is 9.84. The molecule has 88 valence electrons. The number of hydrogen-bond acceptors (Lipinski definition) is 2. The monoisotopic (exact) mass is 211 g/mol. The van der Waals surface area contributed by atoms with Crippen molar-refractivity contribution in [3.63, 3.8) is 0 Å². The average molecular weight is 211 g/mol. The van der Waals surface area contributed by atoms with E-state index in [1.165, 1.54) is 51.4 Å². The molecule has 2 nitrogen and oxygen atoms in total. The SMILES string of the molecule is NCC1(CC2CCCCC2)CCOCC1. The van der Waals surface area contributed by atoms with Gasteiger partial charge in [0, 0.05) is 13.2 Å². The lowest BCUT2D eigenvalue weighted by molar-refractivity contribution is 0.00357. The molecule has 1 heterocycles. The third-order valence-corrected chi connectivity index (χ3v) is 4.43. The number of hydrogen-bond donors (Lipinski definition) is 1. The quantitative estimate of drug-likeness (QED) is 0.779. The molecule has 1 aliphatic heterocycles. The smallest absolute Gasteiger partial charge is 0.0471 e. The Kier molecular flexibility index (Phi) is 4.04. The summed E-state index contributed by atoms with van der Waals surface area (Å²) in [5, 5.41) is 0. The lowest BCUT2D eigenvalue weighted by Crippen LogP contribution is -2.38. The molecule has 0 amide bonds. The summed E-state index contributed by atoms with van der Waals surface area (Å²) in [6.07, 6.45) is 11.0. The van der Waals surface area contributed by atoms with Crippen LogP contribution in [-0.4, -0.2) is 19.8 Å². The first-order valence-corrected chi connectivity index (χ1v) is 6.62. The van der Waals surface area contributed by atoms with Crippen LogP contribution in [0.3, 0.4) is 0 Å². The molecular formula is C13H25NO. The van der Waals surface area contributed by atoms with Crippen LogP contribution >= 0.6 is 0 Å². The Bertz CT molecular complexity index is 181. The van der Waals surface area contributed by atoms with E-state index in [1.54, 1.807) is 0 Å². The van der Waals surface area contributed by atoms with E-state index >= 15 is 0 Å². The van der Waals surface area contributed by atoms with Crippen LogP contribution in [0.4, 0.5) is 0 Å². The molecule has 1 saturated carbocycles. The van der Waals surface area contributed by atoms with E-state index < -0.39 is 0 Å². The summed E-state index contributed by atoms with van der Waals surface area (Å²) in [5.74, 6) is 0.959. The minimum atomic E-state index is 0.431. The van der Waals surface area contributed by atoms with E-state index in [9.17, 15) is 0 Å². The molecule has 2 fully saturated rings. The molecule has 0 bridgehead atoms. The summed E-state index contributed by atoms with van der Waals surface area (Å²) in [6, 6.07) is 0. The van der Waals surface area contributed by atoms with Crippen LogP contribution in [-0.2, 0) is 4.74 Å². The maximum Gasteiger partial charge on any atom is 0.0471 e. The van der Waals surface area contributed by atoms with E-state index in [2.05, 4.69) is 0 Å². The van der Waals surface area contributed by atoms with Crippen molar-refractivity contribution in [1.82, 2.24) is 0 Å². The molecule has 0 aromatic heterocycles. The molecule has 2 heteroatoms. The largest absolute Gasteiger partial charge is 0.381 e. The van der Waals surface area contributed by atoms with Gasteiger partial charge in [-0.05, 0) is 37.1 Å². The highest BCUT2D eigenvalue weighted by molar-refractivity contribution is 4.86. The summed E-state index contributed by atoms with van der Waals surface area (Å²) in [4.78, 5) is 0. The Hall–Kier alpha value is -0.0800. The van der Waals surface area contributed by atoms with Gasteiger partial charge in [-0.2, -0.15) is 0 Å². The molecule has 0 radical (unpaired) electrons. The zero-order valence-electron chi connectivity index (χ0n) is 9.84. The summed E-state index contributed by atoms with van der Waals surface area (Å²) in [6.45, 7) is 2.74. The van der Waals surface area contributed by atoms with Gasteiger partial charge < -0.3 is 10.5 Å². The van der Waals surface area contributed by atoms with Gasteiger partial charge in [0.25, 0.3) is 0 Å². The summed E-state index contributed by atoms with van der Waals surface area (Å²) in [5.41, 5.74) is 6.43. The van der Waals surface area contributed by atoms with Gasteiger partial charge in [0.1, 0.15) is 0 Å². The molecule has 2 N–H and O–H groups in total. The van der Waals surface area contributed by atoms with Gasteiger partial charge >= 0.3 is 0 Å². The first-order chi connectivity index (χ1) is 7.35. The fourth-order valence-electron chi connectivity index (χ4n) is 3.30. The summed E-state index contributed by atoms with van der Waals surface area (Å²) < 4.78 is 5.46. The normalized spacial score (nSPS) is 27.8. The van der Waals surface area contributed by atoms with E-state index in [0.717, 1.165) is 25.7 Å². The first-order valence-electron chi connectivity index (χ1n) is 6.62. The molecule has 15 heavy (non-hydrogen) atoms. The van der Waals surface area contributed by atoms with E-state index in [1.807, 2.05) is 0 Å². The van der Waals surface area contributed by atoms with Gasteiger partial charge in [-0.25, -0.2) is 0 Å². The predicted molar refractivity (Wildman–Crippen MR) is 62.7 cm³/mol. The Morgan fingerprint density at radius 2 is 1.73 bits per heavy atom. The van der Waals surface area contributed by atoms with Crippen LogP contribution < -0.4 is 5.73 Å². The molecule has 1 aliphatic carbocycles. The molecule has 2 rings (SSSR count). The van der Waals surface area contributed by atoms with Crippen LogP contribution in [0.15, 0.2) is 0 Å². The van der Waals surface area contributed by atoms with Gasteiger partial charge in [-0.15, -0.1) is 0 Å². The van der Waals surface area contributed by atoms with Crippen molar-refractivity contribution in [3.8, 4) is 0 Å². The predicted octanol–water partition coefficient (Wildman–Crippen LogP) is 2.71. The molecule has 0 aromatic carbocycles. The third kappa shape index (κ3) is 2.94. The fraction of sp³-hybridized carbons (Fsp3) is 1.00. The number of rotatable bonds is 3. The summed E-state index contributed by atoms with van der Waals surface area (Å²) >= 11 is 0. The van der Waals surface area contributed by atoms with Gasteiger partial charge in [-0.3, -0.25) is 0 Å². The lowest BCUT2D eigenvalue weighted by Gasteiger charge is -2.39. The van der Waals surface area contributed by atoms with E-state index in [-0.39, 0.29) is 0 Å². The van der Waals surface area contributed by atoms with E-state index in [4.69, 9.17) is 10.5 Å². The highest BCUT2D eigenvalue weighted by Gasteiger charge is 2.33. The first kappa shape index (κ1) is 11.4. The van der Waals surface area contributed by atoms with Gasteiger partial charge in [0.05, 0.1) is 0 Å². The molecular weight excluding hydrogens is 186 g/mol. The minimum absolute atomic E-state index is 0.431. The van der Waals surface area contributed by atoms with Gasteiger partial charge in [-0.1, -0.05) is 32.1 Å². The number of ether oxygens (including phenoxy) is 1. The van der Waals surface area contributed by atoms with Gasteiger partial charge in [0.2, 0.25) is 0 Å². The fourth-order valence-corrected chi connectivity index (χ4v) is 3.30. The molecule has 1 saturated heterocycles. The van der Waals surface area contributed by atoms with Crippen LogP contribution in [0, 0.1) is 11.3 Å². The van der Waals surface area contributed by atoms with Crippen molar-refractivity contribution in [2.24, 2.45) is 17.1 Å². The van der Waals surface area contributed by atoms with Crippen molar-refractivity contribution < 1.29 is 4.74 Å². The topological polar surface area (TPSA) is 35.2 Å². The summed E-state index contributed by atoms with van der Waals surface area (Å²) in [7, 11) is 0. The average Bonchev–Trinajstić information content (AvgIpc) is 2.32. The second kappa shape index (κ2) is 5.31. The van der Waals surface area contributed by atoms with Crippen LogP contribution in [0.2, 0.25) is 0 Å². The minimum Gasteiger partial charge on any atom is -0.381 e. The van der Waals surface area contributed by atoms with Crippen molar-refractivity contribution >= 4 is 0 Å². The number of nitrogens with two attached hydrogens (primary N) is 1. The highest BCUT2D eigenvalue weighted by atomic mass is 16.5. The molecule has 2 aliphatic rings. The maximum absolute atomic E-state index is 6.00. The van der Waals surface area contributed by atoms with Crippen molar-refractivity contribution in [3.05, 3.63) is 0 Å². The van der Waals surface area contributed by atoms with Gasteiger partial charge in [0.15, 0.2) is 0 Å². The second-order valence-electron chi connectivity index (χ2n) is 5.52. The molecule has 0 atom stereocenters. The Balaban J connectivity index is 1.87. The third-order valence-electron chi connectivity index (χ3n) is 4.43. The molecule has 0 aromatic rings. The van der Waals surface area contributed by atoms with Crippen molar-refractivity contribution in [2.75, 3.05) is 19.8 Å². The van der Waals surface area contributed by atoms with Crippen molar-refractivity contribution in [1.29, 1.82) is 0 Å². The van der Waals surface area contributed by atoms with Crippen molar-refractivity contribution in [2.45, 2.75) is 51.4 Å². The Morgan fingerprint density at radius 3 is 2.33 bits per heavy atom. The lowest BCUT2D eigenvalue weighted by atomic mass is 9.70. The zero-order chi connectivity index (χ0) is 10.6. The van der Waals surface area contributed by atoms with Crippen LogP contribution in [0.1, 0.15) is 51.4 Å². The molecule has 0 spiro atoms. The second-order valence-corrected chi connectivity index (χ2v) is 5.52. The van der Waals surface area contributed by atoms with E-state index in [0.29, 0.717) is 5.41 Å². The van der Waals surface area contributed by atoms with Crippen LogP contribution in [0.25, 0.3) is 0 Å². The standard InChI is InChI=1S/C13H25NO/c14-11-13(6-8-15-9-7-13)10-12-4-2-1-3-5-12/h12H,1-11,14H2. The Morgan fingerprint density at radius 1 is 1.07 bits per heavy atom. The van der Waals surface area contributed by atoms with Crippen LogP contribution in [0.5, 0.6) is 0 Å². The molecule has 0 unspecified atom stereocenters. The maximum atomic E-state index is 6.00. The Labute approximate surface area is 93.6 Å².